The predicted molar refractivity (Wildman–Crippen MR) is 89.3 cm³/mol. The van der Waals surface area contributed by atoms with Crippen LogP contribution in [0.4, 0.5) is 4.79 Å². The summed E-state index contributed by atoms with van der Waals surface area (Å²) in [6.07, 6.45) is -0.761. The Balaban J connectivity index is 2.10. The highest BCUT2D eigenvalue weighted by molar-refractivity contribution is 5.81. The van der Waals surface area contributed by atoms with Crippen LogP contribution in [0.5, 0.6) is 5.75 Å². The van der Waals surface area contributed by atoms with Gasteiger partial charge in [-0.25, -0.2) is 9.59 Å². The molecule has 0 aliphatic carbocycles. The second-order valence-electron chi connectivity index (χ2n) is 7.21. The normalized spacial score (nSPS) is 20.8. The van der Waals surface area contributed by atoms with Crippen LogP contribution < -0.4 is 4.74 Å². The molecule has 1 saturated heterocycles. The van der Waals surface area contributed by atoms with Crippen molar-refractivity contribution >= 4 is 12.1 Å². The van der Waals surface area contributed by atoms with Crippen molar-refractivity contribution in [3.8, 4) is 5.75 Å². The van der Waals surface area contributed by atoms with E-state index >= 15 is 0 Å². The summed E-state index contributed by atoms with van der Waals surface area (Å²) < 4.78 is 11.2. The first-order chi connectivity index (χ1) is 11.1. The lowest BCUT2D eigenvalue weighted by molar-refractivity contribution is -0.142. The van der Waals surface area contributed by atoms with Gasteiger partial charge in [0.2, 0.25) is 0 Å². The Labute approximate surface area is 142 Å². The third-order valence-corrected chi connectivity index (χ3v) is 3.96. The minimum absolute atomic E-state index is 0.193. The van der Waals surface area contributed by atoms with Gasteiger partial charge in [-0.05, 0) is 57.9 Å². The van der Waals surface area contributed by atoms with Crippen LogP contribution in [0.25, 0.3) is 0 Å². The molecule has 0 unspecified atom stereocenters. The largest absolute Gasteiger partial charge is 0.488 e. The van der Waals surface area contributed by atoms with Crippen LogP contribution in [0, 0.1) is 13.8 Å². The fraction of sp³-hybridized carbons (Fsp3) is 0.556. The maximum absolute atomic E-state index is 12.3. The number of benzene rings is 1. The number of rotatable bonds is 3. The molecule has 0 aromatic heterocycles. The van der Waals surface area contributed by atoms with Gasteiger partial charge in [0.25, 0.3) is 0 Å². The zero-order chi connectivity index (χ0) is 18.1. The van der Waals surface area contributed by atoms with Crippen molar-refractivity contribution in [3.05, 3.63) is 29.3 Å². The summed E-state index contributed by atoms with van der Waals surface area (Å²) in [5, 5.41) is 9.39. The molecule has 1 amide bonds. The Kier molecular flexibility index (Phi) is 5.06. The highest BCUT2D eigenvalue weighted by Crippen LogP contribution is 2.26. The molecule has 0 saturated carbocycles. The molecule has 0 bridgehead atoms. The number of likely N-dealkylation sites (tertiary alicyclic amines) is 1. The summed E-state index contributed by atoms with van der Waals surface area (Å²) in [5.74, 6) is -0.370. The van der Waals surface area contributed by atoms with Crippen molar-refractivity contribution in [2.24, 2.45) is 0 Å². The van der Waals surface area contributed by atoms with E-state index in [1.807, 2.05) is 32.0 Å². The van der Waals surface area contributed by atoms with Gasteiger partial charge in [-0.15, -0.1) is 0 Å². The number of hydrogen-bond donors (Lipinski definition) is 1. The Morgan fingerprint density at radius 3 is 2.42 bits per heavy atom. The minimum atomic E-state index is -1.05. The van der Waals surface area contributed by atoms with Crippen LogP contribution in [-0.2, 0) is 9.53 Å². The molecule has 1 aliphatic rings. The smallest absolute Gasteiger partial charge is 0.411 e. The van der Waals surface area contributed by atoms with E-state index in [2.05, 4.69) is 0 Å². The summed E-state index contributed by atoms with van der Waals surface area (Å²) in [6.45, 7) is 9.45. The standard InChI is InChI=1S/C18H25NO5/c1-11-6-7-13(8-12(11)2)23-14-9-15(16(20)21)19(10-14)17(22)24-18(3,4)5/h6-8,14-15H,9-10H2,1-5H3,(H,20,21)/t14-,15-/m0/s1. The van der Waals surface area contributed by atoms with Crippen molar-refractivity contribution in [2.75, 3.05) is 6.54 Å². The van der Waals surface area contributed by atoms with E-state index in [0.717, 1.165) is 11.1 Å². The van der Waals surface area contributed by atoms with Crippen molar-refractivity contribution in [3.63, 3.8) is 0 Å². The van der Waals surface area contributed by atoms with Gasteiger partial charge in [0.05, 0.1) is 6.54 Å². The number of nitrogens with zero attached hydrogens (tertiary/aromatic N) is 1. The maximum atomic E-state index is 12.3. The Hall–Kier alpha value is -2.24. The number of amides is 1. The van der Waals surface area contributed by atoms with Crippen LogP contribution in [0.1, 0.15) is 38.3 Å². The molecule has 2 atom stereocenters. The van der Waals surface area contributed by atoms with Crippen LogP contribution in [-0.4, -0.2) is 46.4 Å². The number of hydrogen-bond acceptors (Lipinski definition) is 4. The average molecular weight is 335 g/mol. The first-order valence-electron chi connectivity index (χ1n) is 8.03. The van der Waals surface area contributed by atoms with Crippen molar-refractivity contribution in [1.82, 2.24) is 4.90 Å². The van der Waals surface area contributed by atoms with Gasteiger partial charge in [-0.2, -0.15) is 0 Å². The van der Waals surface area contributed by atoms with Crippen LogP contribution >= 0.6 is 0 Å². The van der Waals surface area contributed by atoms with Gasteiger partial charge in [0.15, 0.2) is 0 Å². The number of carbonyl (C=O) groups is 2. The minimum Gasteiger partial charge on any atom is -0.488 e. The molecule has 6 heteroatoms. The van der Waals surface area contributed by atoms with E-state index in [4.69, 9.17) is 9.47 Å². The molecular weight excluding hydrogens is 310 g/mol. The van der Waals surface area contributed by atoms with Gasteiger partial charge in [0, 0.05) is 6.42 Å². The molecule has 132 valence electrons. The number of carboxylic acids is 1. The SMILES string of the molecule is Cc1ccc(O[C@H]2C[C@@H](C(=O)O)N(C(=O)OC(C)(C)C)C2)cc1C. The number of aryl methyl sites for hydroxylation is 2. The fourth-order valence-electron chi connectivity index (χ4n) is 2.62. The molecule has 6 nitrogen and oxygen atoms in total. The van der Waals surface area contributed by atoms with Crippen molar-refractivity contribution in [2.45, 2.75) is 58.8 Å². The Morgan fingerprint density at radius 2 is 1.88 bits per heavy atom. The van der Waals surface area contributed by atoms with Gasteiger partial charge < -0.3 is 14.6 Å². The van der Waals surface area contributed by atoms with Crippen molar-refractivity contribution in [1.29, 1.82) is 0 Å². The molecular formula is C18H25NO5. The molecule has 0 radical (unpaired) electrons. The third kappa shape index (κ3) is 4.40. The lowest BCUT2D eigenvalue weighted by Gasteiger charge is -2.26. The molecule has 0 spiro atoms. The van der Waals surface area contributed by atoms with Crippen LogP contribution in [0.15, 0.2) is 18.2 Å². The summed E-state index contributed by atoms with van der Waals surface area (Å²) in [4.78, 5) is 25.0. The zero-order valence-corrected chi connectivity index (χ0v) is 14.8. The topological polar surface area (TPSA) is 76.1 Å². The number of carboxylic acid groups (broad SMARTS) is 1. The van der Waals surface area contributed by atoms with E-state index in [-0.39, 0.29) is 19.1 Å². The van der Waals surface area contributed by atoms with E-state index in [9.17, 15) is 14.7 Å². The highest BCUT2D eigenvalue weighted by atomic mass is 16.6. The van der Waals surface area contributed by atoms with Gasteiger partial charge in [0.1, 0.15) is 23.5 Å². The zero-order valence-electron chi connectivity index (χ0n) is 14.8. The first kappa shape index (κ1) is 18.1. The van der Waals surface area contributed by atoms with Gasteiger partial charge in [-0.1, -0.05) is 6.07 Å². The Morgan fingerprint density at radius 1 is 1.21 bits per heavy atom. The van der Waals surface area contributed by atoms with Crippen LogP contribution in [0.3, 0.4) is 0 Å². The van der Waals surface area contributed by atoms with Crippen molar-refractivity contribution < 1.29 is 24.2 Å². The Bertz CT molecular complexity index is 635. The highest BCUT2D eigenvalue weighted by Gasteiger charge is 2.42. The summed E-state index contributed by atoms with van der Waals surface area (Å²) in [6, 6.07) is 4.80. The summed E-state index contributed by atoms with van der Waals surface area (Å²) in [7, 11) is 0. The fourth-order valence-corrected chi connectivity index (χ4v) is 2.62. The number of aliphatic carboxylic acids is 1. The van der Waals surface area contributed by atoms with E-state index in [1.54, 1.807) is 20.8 Å². The van der Waals surface area contributed by atoms with Gasteiger partial charge in [-0.3, -0.25) is 4.90 Å². The van der Waals surface area contributed by atoms with E-state index in [1.165, 1.54) is 4.90 Å². The summed E-state index contributed by atoms with van der Waals surface area (Å²) in [5.41, 5.74) is 1.59. The second kappa shape index (κ2) is 6.71. The molecule has 1 aromatic carbocycles. The lowest BCUT2D eigenvalue weighted by atomic mass is 10.1. The van der Waals surface area contributed by atoms with E-state index in [0.29, 0.717) is 5.75 Å². The average Bonchev–Trinajstić information content (AvgIpc) is 2.85. The molecule has 1 aliphatic heterocycles. The molecule has 1 N–H and O–H groups in total. The summed E-state index contributed by atoms with van der Waals surface area (Å²) >= 11 is 0. The first-order valence-corrected chi connectivity index (χ1v) is 8.03. The molecule has 2 rings (SSSR count). The van der Waals surface area contributed by atoms with E-state index < -0.39 is 23.7 Å². The molecule has 1 aromatic rings. The van der Waals surface area contributed by atoms with Crippen LogP contribution in [0.2, 0.25) is 0 Å². The monoisotopic (exact) mass is 335 g/mol. The predicted octanol–water partition coefficient (Wildman–Crippen LogP) is 3.14. The third-order valence-electron chi connectivity index (χ3n) is 3.96. The quantitative estimate of drug-likeness (QED) is 0.918. The molecule has 1 heterocycles. The number of carbonyl (C=O) groups excluding carboxylic acids is 1. The number of ether oxygens (including phenoxy) is 2. The van der Waals surface area contributed by atoms with Gasteiger partial charge >= 0.3 is 12.1 Å². The molecule has 1 fully saturated rings. The molecule has 24 heavy (non-hydrogen) atoms. The maximum Gasteiger partial charge on any atom is 0.411 e. The second-order valence-corrected chi connectivity index (χ2v) is 7.21. The lowest BCUT2D eigenvalue weighted by Crippen LogP contribution is -2.43.